The van der Waals surface area contributed by atoms with E-state index in [0.29, 0.717) is 27.8 Å². The third kappa shape index (κ3) is 5.14. The Labute approximate surface area is 173 Å². The van der Waals surface area contributed by atoms with E-state index in [0.717, 1.165) is 11.1 Å². The second-order valence-electron chi connectivity index (χ2n) is 6.38. The van der Waals surface area contributed by atoms with Crippen molar-refractivity contribution in [2.24, 2.45) is 0 Å². The van der Waals surface area contributed by atoms with Crippen molar-refractivity contribution in [3.8, 4) is 11.5 Å². The second-order valence-corrected chi connectivity index (χ2v) is 7.32. The van der Waals surface area contributed by atoms with Crippen LogP contribution < -0.4 is 20.1 Å². The molecule has 0 radical (unpaired) electrons. The Balaban J connectivity index is 1.69. The smallest absolute Gasteiger partial charge is 0.265 e. The van der Waals surface area contributed by atoms with Crippen molar-refractivity contribution in [3.05, 3.63) is 69.9 Å². The highest BCUT2D eigenvalue weighted by Gasteiger charge is 2.12. The number of thiophene rings is 1. The topological polar surface area (TPSA) is 76.7 Å². The highest BCUT2D eigenvalue weighted by Crippen LogP contribution is 2.28. The van der Waals surface area contributed by atoms with Crippen molar-refractivity contribution in [2.45, 2.75) is 13.3 Å². The van der Waals surface area contributed by atoms with Crippen LogP contribution in [0, 0.1) is 6.92 Å². The third-order valence-electron chi connectivity index (χ3n) is 4.33. The molecule has 6 nitrogen and oxygen atoms in total. The minimum Gasteiger partial charge on any atom is -0.493 e. The molecule has 0 aliphatic rings. The molecular weight excluding hydrogens is 388 g/mol. The molecule has 0 spiro atoms. The highest BCUT2D eigenvalue weighted by atomic mass is 32.1. The number of ether oxygens (including phenoxy) is 2. The number of anilines is 2. The molecule has 0 aliphatic carbocycles. The lowest BCUT2D eigenvalue weighted by Crippen LogP contribution is -2.16. The number of nitrogens with one attached hydrogen (secondary N) is 2. The normalized spacial score (nSPS) is 10.3. The lowest BCUT2D eigenvalue weighted by atomic mass is 10.1. The molecule has 0 bridgehead atoms. The molecule has 0 aliphatic heterocycles. The first-order valence-corrected chi connectivity index (χ1v) is 9.84. The minimum atomic E-state index is -0.175. The van der Waals surface area contributed by atoms with Gasteiger partial charge in [-0.3, -0.25) is 9.59 Å². The number of methoxy groups -OCH3 is 2. The lowest BCUT2D eigenvalue weighted by Gasteiger charge is -2.12. The van der Waals surface area contributed by atoms with Gasteiger partial charge in [-0.05, 0) is 53.8 Å². The summed E-state index contributed by atoms with van der Waals surface area (Å²) in [6.07, 6.45) is 0.186. The van der Waals surface area contributed by atoms with Crippen LogP contribution in [0.15, 0.2) is 53.9 Å². The van der Waals surface area contributed by atoms with Gasteiger partial charge in [0.15, 0.2) is 11.5 Å². The maximum absolute atomic E-state index is 12.5. The molecule has 0 saturated carbocycles. The fourth-order valence-corrected chi connectivity index (χ4v) is 3.42. The first-order valence-electron chi connectivity index (χ1n) is 8.96. The van der Waals surface area contributed by atoms with E-state index < -0.39 is 0 Å². The summed E-state index contributed by atoms with van der Waals surface area (Å²) >= 11 is 1.37. The van der Waals surface area contributed by atoms with Crippen molar-refractivity contribution >= 4 is 34.5 Å². The molecule has 2 aromatic carbocycles. The van der Waals surface area contributed by atoms with Gasteiger partial charge in [0.1, 0.15) is 0 Å². The molecule has 3 aromatic rings. The summed E-state index contributed by atoms with van der Waals surface area (Å²) in [4.78, 5) is 25.4. The number of carbonyl (C=O) groups excluding carboxylic acids is 2. The molecule has 0 fully saturated rings. The van der Waals surface area contributed by atoms with Crippen LogP contribution in [0.5, 0.6) is 11.5 Å². The SMILES string of the molecule is COc1ccc(CC(=O)Nc2cc(NC(=O)c3cccs3)ccc2C)cc1OC. The number of carbonyl (C=O) groups is 2. The van der Waals surface area contributed by atoms with Crippen LogP contribution in [0.1, 0.15) is 20.8 Å². The summed E-state index contributed by atoms with van der Waals surface area (Å²) in [5, 5.41) is 7.62. The molecule has 1 aromatic heterocycles. The molecule has 0 unspecified atom stereocenters. The van der Waals surface area contributed by atoms with Gasteiger partial charge in [-0.15, -0.1) is 11.3 Å². The summed E-state index contributed by atoms with van der Waals surface area (Å²) in [5.41, 5.74) is 2.98. The summed E-state index contributed by atoms with van der Waals surface area (Å²) in [6, 6.07) is 14.4. The largest absolute Gasteiger partial charge is 0.493 e. The molecule has 150 valence electrons. The van der Waals surface area contributed by atoms with Gasteiger partial charge in [0.25, 0.3) is 5.91 Å². The average Bonchev–Trinajstić information content (AvgIpc) is 3.25. The summed E-state index contributed by atoms with van der Waals surface area (Å²) in [7, 11) is 3.12. The van der Waals surface area contributed by atoms with Crippen molar-refractivity contribution in [3.63, 3.8) is 0 Å². The van der Waals surface area contributed by atoms with Gasteiger partial charge in [-0.2, -0.15) is 0 Å². The Kier molecular flexibility index (Phi) is 6.51. The van der Waals surface area contributed by atoms with E-state index in [-0.39, 0.29) is 18.2 Å². The molecule has 29 heavy (non-hydrogen) atoms. The van der Waals surface area contributed by atoms with Gasteiger partial charge in [-0.1, -0.05) is 18.2 Å². The number of hydrogen-bond donors (Lipinski definition) is 2. The van der Waals surface area contributed by atoms with Gasteiger partial charge in [0.2, 0.25) is 5.91 Å². The Morgan fingerprint density at radius 1 is 0.966 bits per heavy atom. The van der Waals surface area contributed by atoms with Crippen LogP contribution in [0.3, 0.4) is 0 Å². The van der Waals surface area contributed by atoms with Crippen LogP contribution in [-0.4, -0.2) is 26.0 Å². The van der Waals surface area contributed by atoms with E-state index in [1.807, 2.05) is 36.6 Å². The van der Waals surface area contributed by atoms with Crippen LogP contribution in [0.2, 0.25) is 0 Å². The van der Waals surface area contributed by atoms with E-state index in [1.54, 1.807) is 38.5 Å². The van der Waals surface area contributed by atoms with Crippen molar-refractivity contribution in [1.82, 2.24) is 0 Å². The number of rotatable bonds is 7. The number of amides is 2. The molecule has 2 amide bonds. The van der Waals surface area contributed by atoms with Gasteiger partial charge in [0, 0.05) is 11.4 Å². The molecule has 0 saturated heterocycles. The van der Waals surface area contributed by atoms with E-state index in [4.69, 9.17) is 9.47 Å². The van der Waals surface area contributed by atoms with Crippen molar-refractivity contribution in [1.29, 1.82) is 0 Å². The van der Waals surface area contributed by atoms with E-state index in [9.17, 15) is 9.59 Å². The van der Waals surface area contributed by atoms with E-state index >= 15 is 0 Å². The minimum absolute atomic E-state index is 0.165. The van der Waals surface area contributed by atoms with Crippen LogP contribution in [0.25, 0.3) is 0 Å². The Bertz CT molecular complexity index is 1020. The van der Waals surface area contributed by atoms with E-state index in [1.165, 1.54) is 11.3 Å². The molecular formula is C22H22N2O4S. The molecule has 0 atom stereocenters. The first-order chi connectivity index (χ1) is 14.0. The average molecular weight is 410 g/mol. The zero-order chi connectivity index (χ0) is 20.8. The van der Waals surface area contributed by atoms with Crippen LogP contribution in [0.4, 0.5) is 11.4 Å². The predicted octanol–water partition coefficient (Wildman–Crippen LogP) is 4.51. The second kappa shape index (κ2) is 9.25. The maximum atomic E-state index is 12.5. The lowest BCUT2D eigenvalue weighted by molar-refractivity contribution is -0.115. The Morgan fingerprint density at radius 3 is 2.45 bits per heavy atom. The monoisotopic (exact) mass is 410 g/mol. The van der Waals surface area contributed by atoms with Gasteiger partial charge in [-0.25, -0.2) is 0 Å². The molecule has 3 rings (SSSR count). The van der Waals surface area contributed by atoms with Crippen molar-refractivity contribution in [2.75, 3.05) is 24.9 Å². The van der Waals surface area contributed by atoms with Gasteiger partial charge < -0.3 is 20.1 Å². The number of hydrogen-bond acceptors (Lipinski definition) is 5. The Hall–Kier alpha value is -3.32. The summed E-state index contributed by atoms with van der Waals surface area (Å²) < 4.78 is 10.5. The zero-order valence-corrected chi connectivity index (χ0v) is 17.3. The quantitative estimate of drug-likeness (QED) is 0.601. The fourth-order valence-electron chi connectivity index (χ4n) is 2.81. The maximum Gasteiger partial charge on any atom is 0.265 e. The highest BCUT2D eigenvalue weighted by molar-refractivity contribution is 7.12. The summed E-state index contributed by atoms with van der Waals surface area (Å²) in [5.74, 6) is 0.850. The molecule has 7 heteroatoms. The van der Waals surface area contributed by atoms with Crippen molar-refractivity contribution < 1.29 is 19.1 Å². The number of aryl methyl sites for hydroxylation is 1. The first kappa shape index (κ1) is 20.4. The van der Waals surface area contributed by atoms with Crippen LogP contribution >= 0.6 is 11.3 Å². The fraction of sp³-hybridized carbons (Fsp3) is 0.182. The molecule has 1 heterocycles. The van der Waals surface area contributed by atoms with Gasteiger partial charge in [0.05, 0.1) is 25.5 Å². The summed E-state index contributed by atoms with van der Waals surface area (Å²) in [6.45, 7) is 1.90. The van der Waals surface area contributed by atoms with Crippen LogP contribution in [-0.2, 0) is 11.2 Å². The van der Waals surface area contributed by atoms with E-state index in [2.05, 4.69) is 10.6 Å². The Morgan fingerprint density at radius 2 is 1.76 bits per heavy atom. The zero-order valence-electron chi connectivity index (χ0n) is 16.4. The molecule has 2 N–H and O–H groups in total. The third-order valence-corrected chi connectivity index (χ3v) is 5.20. The standard InChI is InChI=1S/C22H22N2O4S/c1-14-6-8-16(23-22(26)20-5-4-10-29-20)13-17(14)24-21(25)12-15-7-9-18(27-2)19(11-15)28-3/h4-11,13H,12H2,1-3H3,(H,23,26)(H,24,25). The predicted molar refractivity (Wildman–Crippen MR) is 115 cm³/mol. The number of benzene rings is 2. The van der Waals surface area contributed by atoms with Gasteiger partial charge >= 0.3 is 0 Å².